The van der Waals surface area contributed by atoms with E-state index in [0.29, 0.717) is 16.9 Å². The van der Waals surface area contributed by atoms with E-state index in [1.807, 2.05) is 38.1 Å². The predicted molar refractivity (Wildman–Crippen MR) is 108 cm³/mol. The van der Waals surface area contributed by atoms with Crippen LogP contribution in [-0.4, -0.2) is 28.1 Å². The first-order valence-electron chi connectivity index (χ1n) is 9.07. The van der Waals surface area contributed by atoms with Crippen LogP contribution in [0, 0.1) is 20.8 Å². The van der Waals surface area contributed by atoms with Crippen LogP contribution in [0.1, 0.15) is 41.6 Å². The molecule has 2 rings (SSSR count). The number of carbonyl (C=O) groups excluding carboxylic acids is 1. The van der Waals surface area contributed by atoms with E-state index in [-0.39, 0.29) is 17.9 Å². The van der Waals surface area contributed by atoms with Gasteiger partial charge in [-0.05, 0) is 44.4 Å². The Labute approximate surface area is 166 Å². The number of nitrogens with one attached hydrogen (secondary N) is 1. The Morgan fingerprint density at radius 3 is 2.29 bits per heavy atom. The second-order valence-corrected chi connectivity index (χ2v) is 8.36. The molecular formula is C21H27NO5S. The number of rotatable bonds is 8. The van der Waals surface area contributed by atoms with Crippen molar-refractivity contribution in [1.29, 1.82) is 0 Å². The van der Waals surface area contributed by atoms with Crippen molar-refractivity contribution in [2.24, 2.45) is 0 Å². The van der Waals surface area contributed by atoms with Gasteiger partial charge in [0.05, 0.1) is 31.1 Å². The zero-order valence-corrected chi connectivity index (χ0v) is 17.7. The van der Waals surface area contributed by atoms with Crippen molar-refractivity contribution in [3.63, 3.8) is 0 Å². The third-order valence-corrected chi connectivity index (χ3v) is 6.05. The fraction of sp³-hybridized carbons (Fsp3) is 0.381. The van der Waals surface area contributed by atoms with E-state index in [1.54, 1.807) is 19.9 Å². The van der Waals surface area contributed by atoms with Crippen molar-refractivity contribution in [3.05, 3.63) is 58.7 Å². The molecule has 1 atom stereocenters. The molecule has 0 radical (unpaired) electrons. The van der Waals surface area contributed by atoms with Crippen LogP contribution in [0.5, 0.6) is 5.75 Å². The van der Waals surface area contributed by atoms with Gasteiger partial charge in [-0.1, -0.05) is 35.9 Å². The summed E-state index contributed by atoms with van der Waals surface area (Å²) in [5.41, 5.74) is 3.18. The largest absolute Gasteiger partial charge is 0.496 e. The Balaban J connectivity index is 2.41. The molecule has 6 nitrogen and oxygen atoms in total. The van der Waals surface area contributed by atoms with Gasteiger partial charge in [-0.3, -0.25) is 4.79 Å². The minimum Gasteiger partial charge on any atom is -0.496 e. The second kappa shape index (κ2) is 9.21. The van der Waals surface area contributed by atoms with Crippen LogP contribution in [0.15, 0.2) is 41.3 Å². The second-order valence-electron chi connectivity index (χ2n) is 6.68. The summed E-state index contributed by atoms with van der Waals surface area (Å²) in [5, 5.41) is 0. The maximum atomic E-state index is 13.1. The maximum absolute atomic E-state index is 13.1. The molecule has 152 valence electrons. The lowest BCUT2D eigenvalue weighted by Crippen LogP contribution is -2.31. The van der Waals surface area contributed by atoms with Gasteiger partial charge in [-0.25, -0.2) is 13.1 Å². The summed E-state index contributed by atoms with van der Waals surface area (Å²) in [4.78, 5) is 12.2. The zero-order valence-electron chi connectivity index (χ0n) is 16.9. The van der Waals surface area contributed by atoms with Crippen molar-refractivity contribution >= 4 is 16.0 Å². The highest BCUT2D eigenvalue weighted by molar-refractivity contribution is 7.89. The molecule has 0 aliphatic heterocycles. The number of hydrogen-bond donors (Lipinski definition) is 1. The summed E-state index contributed by atoms with van der Waals surface area (Å²) in [7, 11) is -2.40. The van der Waals surface area contributed by atoms with Crippen molar-refractivity contribution in [3.8, 4) is 5.75 Å². The molecule has 2 aromatic carbocycles. The number of hydrogen-bond acceptors (Lipinski definition) is 5. The van der Waals surface area contributed by atoms with Gasteiger partial charge in [-0.2, -0.15) is 0 Å². The van der Waals surface area contributed by atoms with Crippen LogP contribution in [0.25, 0.3) is 0 Å². The average molecular weight is 406 g/mol. The molecule has 0 spiro atoms. The smallest absolute Gasteiger partial charge is 0.307 e. The molecule has 0 aliphatic carbocycles. The minimum atomic E-state index is -3.90. The summed E-state index contributed by atoms with van der Waals surface area (Å²) < 4.78 is 39.2. The van der Waals surface area contributed by atoms with Gasteiger partial charge in [-0.15, -0.1) is 0 Å². The summed E-state index contributed by atoms with van der Waals surface area (Å²) in [6.07, 6.45) is -0.0990. The summed E-state index contributed by atoms with van der Waals surface area (Å²) in [6, 6.07) is 9.90. The minimum absolute atomic E-state index is 0.0990. The van der Waals surface area contributed by atoms with E-state index in [0.717, 1.165) is 11.1 Å². The van der Waals surface area contributed by atoms with Crippen LogP contribution in [0.2, 0.25) is 0 Å². The molecule has 28 heavy (non-hydrogen) atoms. The Morgan fingerprint density at radius 2 is 1.71 bits per heavy atom. The first-order chi connectivity index (χ1) is 13.2. The van der Waals surface area contributed by atoms with Crippen molar-refractivity contribution in [2.75, 3.05) is 13.7 Å². The number of aryl methyl sites for hydroxylation is 3. The van der Waals surface area contributed by atoms with Gasteiger partial charge in [0.1, 0.15) is 5.75 Å². The van der Waals surface area contributed by atoms with E-state index in [2.05, 4.69) is 4.72 Å². The third-order valence-electron chi connectivity index (χ3n) is 4.44. The standard InChI is InChI=1S/C21H27NO5S/c1-6-27-21(23)12-18(17-9-7-14(2)8-10-17)22-28(24,25)20-13-19(26-5)15(3)11-16(20)4/h7-11,13,18,22H,6,12H2,1-5H3. The molecule has 0 amide bonds. The highest BCUT2D eigenvalue weighted by Crippen LogP contribution is 2.28. The Bertz CT molecular complexity index is 936. The van der Waals surface area contributed by atoms with Crippen LogP contribution >= 0.6 is 0 Å². The SMILES string of the molecule is CCOC(=O)CC(NS(=O)(=O)c1cc(OC)c(C)cc1C)c1ccc(C)cc1. The van der Waals surface area contributed by atoms with E-state index in [4.69, 9.17) is 9.47 Å². The summed E-state index contributed by atoms with van der Waals surface area (Å²) in [6.45, 7) is 7.47. The number of sulfonamides is 1. The molecule has 0 aliphatic rings. The van der Waals surface area contributed by atoms with Gasteiger partial charge < -0.3 is 9.47 Å². The number of carbonyl (C=O) groups is 1. The Morgan fingerprint density at radius 1 is 1.07 bits per heavy atom. The Kier molecular flexibility index (Phi) is 7.21. The molecule has 0 heterocycles. The highest BCUT2D eigenvalue weighted by Gasteiger charge is 2.26. The Hall–Kier alpha value is -2.38. The quantitative estimate of drug-likeness (QED) is 0.679. The maximum Gasteiger partial charge on any atom is 0.307 e. The molecule has 0 bridgehead atoms. The summed E-state index contributed by atoms with van der Waals surface area (Å²) in [5.74, 6) is 0.0252. The van der Waals surface area contributed by atoms with E-state index >= 15 is 0 Å². The molecule has 2 aromatic rings. The topological polar surface area (TPSA) is 81.7 Å². The molecule has 0 aromatic heterocycles. The van der Waals surface area contributed by atoms with Gasteiger partial charge in [0.15, 0.2) is 0 Å². The molecule has 0 saturated heterocycles. The van der Waals surface area contributed by atoms with Crippen molar-refractivity contribution in [1.82, 2.24) is 4.72 Å². The molecule has 1 N–H and O–H groups in total. The number of benzene rings is 2. The van der Waals surface area contributed by atoms with Crippen LogP contribution in [0.3, 0.4) is 0 Å². The van der Waals surface area contributed by atoms with Crippen LogP contribution < -0.4 is 9.46 Å². The fourth-order valence-corrected chi connectivity index (χ4v) is 4.45. The van der Waals surface area contributed by atoms with Crippen molar-refractivity contribution in [2.45, 2.75) is 45.1 Å². The lowest BCUT2D eigenvalue weighted by Gasteiger charge is -2.20. The first kappa shape index (κ1) is 21.9. The molecule has 0 saturated carbocycles. The summed E-state index contributed by atoms with van der Waals surface area (Å²) >= 11 is 0. The predicted octanol–water partition coefficient (Wildman–Crippen LogP) is 3.59. The lowest BCUT2D eigenvalue weighted by molar-refractivity contribution is -0.143. The molecule has 0 fully saturated rings. The molecule has 1 unspecified atom stereocenters. The highest BCUT2D eigenvalue weighted by atomic mass is 32.2. The number of esters is 1. The van der Waals surface area contributed by atoms with Crippen LogP contribution in [0.4, 0.5) is 0 Å². The van der Waals surface area contributed by atoms with Gasteiger partial charge in [0.2, 0.25) is 10.0 Å². The van der Waals surface area contributed by atoms with Gasteiger partial charge in [0, 0.05) is 6.07 Å². The van der Waals surface area contributed by atoms with Crippen LogP contribution in [-0.2, 0) is 19.6 Å². The van der Waals surface area contributed by atoms with Gasteiger partial charge in [0.25, 0.3) is 0 Å². The first-order valence-corrected chi connectivity index (χ1v) is 10.6. The number of ether oxygens (including phenoxy) is 2. The molecule has 7 heteroatoms. The number of methoxy groups -OCH3 is 1. The fourth-order valence-electron chi connectivity index (χ4n) is 2.99. The zero-order chi connectivity index (χ0) is 20.9. The van der Waals surface area contributed by atoms with E-state index in [1.165, 1.54) is 13.2 Å². The monoisotopic (exact) mass is 405 g/mol. The van der Waals surface area contributed by atoms with Crippen molar-refractivity contribution < 1.29 is 22.7 Å². The normalized spacial score (nSPS) is 12.5. The molecular weight excluding hydrogens is 378 g/mol. The van der Waals surface area contributed by atoms with E-state index in [9.17, 15) is 13.2 Å². The van der Waals surface area contributed by atoms with E-state index < -0.39 is 22.0 Å². The third kappa shape index (κ3) is 5.33. The average Bonchev–Trinajstić information content (AvgIpc) is 2.61. The van der Waals surface area contributed by atoms with Gasteiger partial charge >= 0.3 is 5.97 Å². The lowest BCUT2D eigenvalue weighted by atomic mass is 10.0.